The first kappa shape index (κ1) is 16.3. The van der Waals surface area contributed by atoms with Crippen LogP contribution < -0.4 is 0 Å². The molecule has 124 valence electrons. The molecular weight excluding hydrogens is 282 g/mol. The molecule has 2 aromatic rings. The van der Waals surface area contributed by atoms with Crippen molar-refractivity contribution in [1.82, 2.24) is 14.5 Å². The van der Waals surface area contributed by atoms with E-state index in [-0.39, 0.29) is 0 Å². The predicted molar refractivity (Wildman–Crippen MR) is 96.5 cm³/mol. The molecule has 0 atom stereocenters. The summed E-state index contributed by atoms with van der Waals surface area (Å²) in [7, 11) is 0. The molecular formula is C20H29N3. The zero-order valence-corrected chi connectivity index (χ0v) is 14.6. The highest BCUT2D eigenvalue weighted by atomic mass is 15.2. The van der Waals surface area contributed by atoms with E-state index in [9.17, 15) is 0 Å². The summed E-state index contributed by atoms with van der Waals surface area (Å²) in [6.45, 7) is 9.05. The molecule has 0 N–H and O–H groups in total. The molecule has 0 unspecified atom stereocenters. The number of fused-ring (bicyclic) bond motifs is 1. The highest BCUT2D eigenvalue weighted by molar-refractivity contribution is 5.57. The van der Waals surface area contributed by atoms with Gasteiger partial charge in [-0.05, 0) is 19.4 Å². The Balaban J connectivity index is 1.85. The van der Waals surface area contributed by atoms with Gasteiger partial charge in [0.25, 0.3) is 0 Å². The zero-order valence-electron chi connectivity index (χ0n) is 14.6. The van der Waals surface area contributed by atoms with E-state index in [0.29, 0.717) is 0 Å². The molecule has 0 saturated carbocycles. The van der Waals surface area contributed by atoms with E-state index < -0.39 is 0 Å². The SMILES string of the molecule is CCCCCN1CCc2nc(-c3ccccc3)n(CCC)c2C1. The summed E-state index contributed by atoms with van der Waals surface area (Å²) in [4.78, 5) is 7.62. The molecule has 3 nitrogen and oxygen atoms in total. The van der Waals surface area contributed by atoms with Crippen LogP contribution in [0.2, 0.25) is 0 Å². The lowest BCUT2D eigenvalue weighted by Crippen LogP contribution is -2.32. The lowest BCUT2D eigenvalue weighted by atomic mass is 10.1. The van der Waals surface area contributed by atoms with Crippen molar-refractivity contribution < 1.29 is 0 Å². The molecule has 0 saturated heterocycles. The monoisotopic (exact) mass is 311 g/mol. The Labute approximate surface area is 140 Å². The Morgan fingerprint density at radius 3 is 2.57 bits per heavy atom. The van der Waals surface area contributed by atoms with Crippen LogP contribution >= 0.6 is 0 Å². The Kier molecular flexibility index (Phi) is 5.50. The Bertz CT molecular complexity index is 615. The van der Waals surface area contributed by atoms with Gasteiger partial charge in [0, 0.05) is 31.6 Å². The molecule has 0 spiro atoms. The van der Waals surface area contributed by atoms with E-state index in [2.05, 4.69) is 53.6 Å². The fourth-order valence-electron chi connectivity index (χ4n) is 3.52. The van der Waals surface area contributed by atoms with Crippen LogP contribution in [-0.4, -0.2) is 27.5 Å². The van der Waals surface area contributed by atoms with Gasteiger partial charge < -0.3 is 4.57 Å². The average molecular weight is 311 g/mol. The number of nitrogens with zero attached hydrogens (tertiary/aromatic N) is 3. The van der Waals surface area contributed by atoms with Gasteiger partial charge in [0.1, 0.15) is 5.82 Å². The van der Waals surface area contributed by atoms with Crippen LogP contribution in [0.3, 0.4) is 0 Å². The van der Waals surface area contributed by atoms with Crippen LogP contribution in [0.5, 0.6) is 0 Å². The molecule has 3 rings (SSSR count). The fraction of sp³-hybridized carbons (Fsp3) is 0.550. The number of hydrogen-bond acceptors (Lipinski definition) is 2. The molecule has 1 aliphatic rings. The van der Waals surface area contributed by atoms with Crippen molar-refractivity contribution in [3.8, 4) is 11.4 Å². The number of hydrogen-bond donors (Lipinski definition) is 0. The van der Waals surface area contributed by atoms with E-state index in [1.165, 1.54) is 42.8 Å². The van der Waals surface area contributed by atoms with Gasteiger partial charge in [-0.15, -0.1) is 0 Å². The summed E-state index contributed by atoms with van der Waals surface area (Å²) in [5.41, 5.74) is 4.02. The normalized spacial score (nSPS) is 14.9. The van der Waals surface area contributed by atoms with Crippen molar-refractivity contribution in [3.05, 3.63) is 41.7 Å². The number of unbranched alkanes of at least 4 members (excludes halogenated alkanes) is 2. The predicted octanol–water partition coefficient (Wildman–Crippen LogP) is 4.51. The molecule has 1 aromatic carbocycles. The van der Waals surface area contributed by atoms with Crippen molar-refractivity contribution in [2.24, 2.45) is 0 Å². The first-order chi connectivity index (χ1) is 11.3. The minimum absolute atomic E-state index is 1.06. The van der Waals surface area contributed by atoms with Crippen LogP contribution in [0.4, 0.5) is 0 Å². The quantitative estimate of drug-likeness (QED) is 0.702. The van der Waals surface area contributed by atoms with E-state index >= 15 is 0 Å². The van der Waals surface area contributed by atoms with Crippen molar-refractivity contribution in [3.63, 3.8) is 0 Å². The topological polar surface area (TPSA) is 21.1 Å². The molecule has 0 aliphatic carbocycles. The maximum atomic E-state index is 5.01. The molecule has 23 heavy (non-hydrogen) atoms. The summed E-state index contributed by atoms with van der Waals surface area (Å²) in [5.74, 6) is 1.16. The van der Waals surface area contributed by atoms with E-state index in [1.807, 2.05) is 0 Å². The van der Waals surface area contributed by atoms with Crippen molar-refractivity contribution in [2.75, 3.05) is 13.1 Å². The van der Waals surface area contributed by atoms with Gasteiger partial charge in [0.15, 0.2) is 0 Å². The molecule has 2 heterocycles. The van der Waals surface area contributed by atoms with Crippen LogP contribution in [0.15, 0.2) is 30.3 Å². The van der Waals surface area contributed by atoms with E-state index in [0.717, 1.165) is 38.3 Å². The molecule has 0 amide bonds. The van der Waals surface area contributed by atoms with Crippen molar-refractivity contribution in [2.45, 2.75) is 59.0 Å². The van der Waals surface area contributed by atoms with Gasteiger partial charge in [-0.2, -0.15) is 0 Å². The largest absolute Gasteiger partial charge is 0.327 e. The summed E-state index contributed by atoms with van der Waals surface area (Å²) < 4.78 is 2.47. The molecule has 1 aliphatic heterocycles. The minimum atomic E-state index is 1.06. The summed E-state index contributed by atoms with van der Waals surface area (Å²) >= 11 is 0. The Morgan fingerprint density at radius 1 is 1.00 bits per heavy atom. The highest BCUT2D eigenvalue weighted by Gasteiger charge is 2.24. The molecule has 0 fully saturated rings. The van der Waals surface area contributed by atoms with E-state index in [1.54, 1.807) is 0 Å². The first-order valence-electron chi connectivity index (χ1n) is 9.19. The smallest absolute Gasteiger partial charge is 0.140 e. The lowest BCUT2D eigenvalue weighted by Gasteiger charge is -2.27. The number of imidazole rings is 1. The molecule has 3 heteroatoms. The van der Waals surface area contributed by atoms with E-state index in [4.69, 9.17) is 4.98 Å². The van der Waals surface area contributed by atoms with Gasteiger partial charge in [0.05, 0.1) is 11.4 Å². The van der Waals surface area contributed by atoms with Crippen LogP contribution in [0.1, 0.15) is 50.9 Å². The van der Waals surface area contributed by atoms with Gasteiger partial charge in [-0.3, -0.25) is 4.90 Å². The van der Waals surface area contributed by atoms with Crippen LogP contribution in [0, 0.1) is 0 Å². The maximum Gasteiger partial charge on any atom is 0.140 e. The highest BCUT2D eigenvalue weighted by Crippen LogP contribution is 2.27. The standard InChI is InChI=1S/C20H29N3/c1-3-5-9-14-22-15-12-18-19(16-22)23(13-4-2)20(21-18)17-10-7-6-8-11-17/h6-8,10-11H,3-5,9,12-16H2,1-2H3. The summed E-state index contributed by atoms with van der Waals surface area (Å²) in [6, 6.07) is 10.6. The van der Waals surface area contributed by atoms with Crippen LogP contribution in [-0.2, 0) is 19.5 Å². The van der Waals surface area contributed by atoms with Gasteiger partial charge in [0.2, 0.25) is 0 Å². The van der Waals surface area contributed by atoms with Crippen LogP contribution in [0.25, 0.3) is 11.4 Å². The van der Waals surface area contributed by atoms with Crippen molar-refractivity contribution >= 4 is 0 Å². The third-order valence-electron chi connectivity index (χ3n) is 4.75. The molecule has 0 radical (unpaired) electrons. The van der Waals surface area contributed by atoms with Crippen molar-refractivity contribution in [1.29, 1.82) is 0 Å². The number of benzene rings is 1. The van der Waals surface area contributed by atoms with Gasteiger partial charge in [-0.25, -0.2) is 4.98 Å². The second-order valence-electron chi connectivity index (χ2n) is 6.58. The van der Waals surface area contributed by atoms with Gasteiger partial charge >= 0.3 is 0 Å². The first-order valence-corrected chi connectivity index (χ1v) is 9.19. The third kappa shape index (κ3) is 3.66. The Morgan fingerprint density at radius 2 is 1.83 bits per heavy atom. The Hall–Kier alpha value is -1.61. The lowest BCUT2D eigenvalue weighted by molar-refractivity contribution is 0.240. The fourth-order valence-corrected chi connectivity index (χ4v) is 3.52. The molecule has 1 aromatic heterocycles. The second-order valence-corrected chi connectivity index (χ2v) is 6.58. The average Bonchev–Trinajstić information content (AvgIpc) is 2.95. The maximum absolute atomic E-state index is 5.01. The summed E-state index contributed by atoms with van der Waals surface area (Å²) in [5, 5.41) is 0. The zero-order chi connectivity index (χ0) is 16.1. The second kappa shape index (κ2) is 7.78. The summed E-state index contributed by atoms with van der Waals surface area (Å²) in [6.07, 6.45) is 6.20. The minimum Gasteiger partial charge on any atom is -0.327 e. The molecule has 0 bridgehead atoms. The number of rotatable bonds is 7. The number of aromatic nitrogens is 2. The third-order valence-corrected chi connectivity index (χ3v) is 4.75. The van der Waals surface area contributed by atoms with Gasteiger partial charge in [-0.1, -0.05) is 57.0 Å².